The lowest BCUT2D eigenvalue weighted by molar-refractivity contribution is 0.396. The largest absolute Gasteiger partial charge is 0.354 e. The van der Waals surface area contributed by atoms with Gasteiger partial charge in [0.05, 0.1) is 6.20 Å². The number of hydrogen-bond acceptors (Lipinski definition) is 4. The molecule has 0 aromatic carbocycles. The Morgan fingerprint density at radius 1 is 1.44 bits per heavy atom. The molecule has 1 N–H and O–H groups in total. The van der Waals surface area contributed by atoms with E-state index in [1.807, 2.05) is 10.9 Å². The first kappa shape index (κ1) is 13.3. The fourth-order valence-corrected chi connectivity index (χ4v) is 2.64. The van der Waals surface area contributed by atoms with E-state index in [1.54, 1.807) is 0 Å². The summed E-state index contributed by atoms with van der Waals surface area (Å²) < 4.78 is 1.98. The van der Waals surface area contributed by atoms with Gasteiger partial charge in [0.2, 0.25) is 0 Å². The molecule has 1 aromatic rings. The highest BCUT2D eigenvalue weighted by Gasteiger charge is 2.18. The summed E-state index contributed by atoms with van der Waals surface area (Å²) in [4.78, 5) is 2.42. The summed E-state index contributed by atoms with van der Waals surface area (Å²) >= 11 is 0. The zero-order valence-electron chi connectivity index (χ0n) is 11.6. The Bertz CT molecular complexity index is 343. The van der Waals surface area contributed by atoms with E-state index in [0.717, 1.165) is 38.4 Å². The molecule has 1 aliphatic heterocycles. The number of anilines is 1. The molecule has 0 aliphatic carbocycles. The molecule has 1 aliphatic rings. The number of piperidine rings is 1. The topological polar surface area (TPSA) is 46.0 Å². The number of nitrogens with zero attached hydrogens (tertiary/aromatic N) is 4. The maximum absolute atomic E-state index is 4.14. The van der Waals surface area contributed by atoms with Crippen LogP contribution in [0.25, 0.3) is 0 Å². The third-order valence-corrected chi connectivity index (χ3v) is 3.57. The van der Waals surface area contributed by atoms with Crippen molar-refractivity contribution in [1.29, 1.82) is 0 Å². The van der Waals surface area contributed by atoms with Gasteiger partial charge in [-0.25, -0.2) is 4.68 Å². The van der Waals surface area contributed by atoms with Crippen LogP contribution in [0.4, 0.5) is 5.82 Å². The van der Waals surface area contributed by atoms with Gasteiger partial charge >= 0.3 is 0 Å². The fourth-order valence-electron chi connectivity index (χ4n) is 2.64. The highest BCUT2D eigenvalue weighted by Crippen LogP contribution is 2.16. The molecular weight excluding hydrogens is 226 g/mol. The summed E-state index contributed by atoms with van der Waals surface area (Å²) in [5, 5.41) is 11.8. The van der Waals surface area contributed by atoms with Crippen molar-refractivity contribution < 1.29 is 0 Å². The Morgan fingerprint density at radius 2 is 2.33 bits per heavy atom. The van der Waals surface area contributed by atoms with E-state index < -0.39 is 0 Å². The minimum Gasteiger partial charge on any atom is -0.354 e. The average Bonchev–Trinajstić information content (AvgIpc) is 2.87. The van der Waals surface area contributed by atoms with E-state index in [-0.39, 0.29) is 0 Å². The standard InChI is InChI=1S/C13H25N5/c1-3-9-17(11-12-7-5-6-8-14-12)13-10-15-16-18(13)4-2/h10,12,14H,3-9,11H2,1-2H3. The molecule has 0 saturated carbocycles. The Labute approximate surface area is 110 Å². The summed E-state index contributed by atoms with van der Waals surface area (Å²) in [6.45, 7) is 8.53. The highest BCUT2D eigenvalue weighted by atomic mass is 15.5. The maximum Gasteiger partial charge on any atom is 0.147 e. The Kier molecular flexibility index (Phi) is 4.99. The number of hydrogen-bond donors (Lipinski definition) is 1. The van der Waals surface area contributed by atoms with E-state index in [2.05, 4.69) is 34.4 Å². The summed E-state index contributed by atoms with van der Waals surface area (Å²) in [6.07, 6.45) is 7.00. The average molecular weight is 251 g/mol. The summed E-state index contributed by atoms with van der Waals surface area (Å²) in [5.74, 6) is 1.16. The number of aryl methyl sites for hydroxylation is 1. The molecule has 1 atom stereocenters. The van der Waals surface area contributed by atoms with Gasteiger partial charge < -0.3 is 10.2 Å². The van der Waals surface area contributed by atoms with Gasteiger partial charge in [0.25, 0.3) is 0 Å². The van der Waals surface area contributed by atoms with Gasteiger partial charge in [-0.05, 0) is 32.7 Å². The van der Waals surface area contributed by atoms with Crippen LogP contribution in [0.5, 0.6) is 0 Å². The maximum atomic E-state index is 4.14. The monoisotopic (exact) mass is 251 g/mol. The lowest BCUT2D eigenvalue weighted by Gasteiger charge is -2.31. The van der Waals surface area contributed by atoms with Crippen molar-refractivity contribution in [2.45, 2.75) is 52.1 Å². The molecule has 102 valence electrons. The molecule has 2 heterocycles. The molecule has 2 rings (SSSR count). The first-order valence-corrected chi connectivity index (χ1v) is 7.22. The van der Waals surface area contributed by atoms with Gasteiger partial charge in [-0.15, -0.1) is 5.10 Å². The normalized spacial score (nSPS) is 20.0. The molecule has 5 nitrogen and oxygen atoms in total. The van der Waals surface area contributed by atoms with Crippen molar-refractivity contribution in [2.24, 2.45) is 0 Å². The molecule has 0 bridgehead atoms. The Balaban J connectivity index is 2.02. The lowest BCUT2D eigenvalue weighted by atomic mass is 10.0. The van der Waals surface area contributed by atoms with Gasteiger partial charge in [0.15, 0.2) is 0 Å². The Morgan fingerprint density at radius 3 is 3.00 bits per heavy atom. The van der Waals surface area contributed by atoms with Gasteiger partial charge in [0, 0.05) is 25.7 Å². The molecule has 5 heteroatoms. The smallest absolute Gasteiger partial charge is 0.147 e. The zero-order chi connectivity index (χ0) is 12.8. The molecule has 0 spiro atoms. The van der Waals surface area contributed by atoms with Crippen molar-refractivity contribution in [1.82, 2.24) is 20.3 Å². The minimum atomic E-state index is 0.616. The number of aromatic nitrogens is 3. The number of nitrogens with one attached hydrogen (secondary N) is 1. The summed E-state index contributed by atoms with van der Waals surface area (Å²) in [7, 11) is 0. The van der Waals surface area contributed by atoms with Crippen molar-refractivity contribution in [3.8, 4) is 0 Å². The first-order valence-electron chi connectivity index (χ1n) is 7.22. The third kappa shape index (κ3) is 3.22. The lowest BCUT2D eigenvalue weighted by Crippen LogP contribution is -2.44. The second kappa shape index (κ2) is 6.73. The van der Waals surface area contributed by atoms with Crippen LogP contribution in [0, 0.1) is 0 Å². The second-order valence-electron chi connectivity index (χ2n) is 5.00. The van der Waals surface area contributed by atoms with Gasteiger partial charge in [-0.2, -0.15) is 0 Å². The van der Waals surface area contributed by atoms with E-state index in [0.29, 0.717) is 6.04 Å². The molecule has 0 radical (unpaired) electrons. The minimum absolute atomic E-state index is 0.616. The van der Waals surface area contributed by atoms with E-state index in [4.69, 9.17) is 0 Å². The van der Waals surface area contributed by atoms with E-state index >= 15 is 0 Å². The SMILES string of the molecule is CCCN(CC1CCCCN1)c1cnnn1CC. The molecular formula is C13H25N5. The van der Waals surface area contributed by atoms with Crippen molar-refractivity contribution >= 4 is 5.82 Å². The molecule has 1 fully saturated rings. The third-order valence-electron chi connectivity index (χ3n) is 3.57. The zero-order valence-corrected chi connectivity index (χ0v) is 11.6. The van der Waals surface area contributed by atoms with Crippen molar-refractivity contribution in [2.75, 3.05) is 24.5 Å². The van der Waals surface area contributed by atoms with E-state index in [9.17, 15) is 0 Å². The predicted molar refractivity (Wildman–Crippen MR) is 73.8 cm³/mol. The van der Waals surface area contributed by atoms with Gasteiger partial charge in [-0.1, -0.05) is 18.6 Å². The summed E-state index contributed by atoms with van der Waals surface area (Å²) in [6, 6.07) is 0.616. The van der Waals surface area contributed by atoms with Crippen molar-refractivity contribution in [3.63, 3.8) is 0 Å². The molecule has 1 aromatic heterocycles. The summed E-state index contributed by atoms with van der Waals surface area (Å²) in [5.41, 5.74) is 0. The predicted octanol–water partition coefficient (Wildman–Crippen LogP) is 1.66. The van der Waals surface area contributed by atoms with E-state index in [1.165, 1.54) is 19.3 Å². The van der Waals surface area contributed by atoms with Crippen LogP contribution in [-0.4, -0.2) is 40.7 Å². The van der Waals surface area contributed by atoms with Crippen molar-refractivity contribution in [3.05, 3.63) is 6.20 Å². The van der Waals surface area contributed by atoms with Crippen LogP contribution >= 0.6 is 0 Å². The fraction of sp³-hybridized carbons (Fsp3) is 0.846. The van der Waals surface area contributed by atoms with Crippen LogP contribution in [-0.2, 0) is 6.54 Å². The molecule has 1 saturated heterocycles. The number of rotatable bonds is 6. The first-order chi connectivity index (χ1) is 8.85. The van der Waals surface area contributed by atoms with Gasteiger partial charge in [-0.3, -0.25) is 0 Å². The quantitative estimate of drug-likeness (QED) is 0.835. The van der Waals surface area contributed by atoms with Crippen LogP contribution < -0.4 is 10.2 Å². The Hall–Kier alpha value is -1.10. The molecule has 1 unspecified atom stereocenters. The highest BCUT2D eigenvalue weighted by molar-refractivity contribution is 5.36. The molecule has 0 amide bonds. The van der Waals surface area contributed by atoms with Crippen LogP contribution in [0.1, 0.15) is 39.5 Å². The van der Waals surface area contributed by atoms with Gasteiger partial charge in [0.1, 0.15) is 5.82 Å². The van der Waals surface area contributed by atoms with Crippen LogP contribution in [0.3, 0.4) is 0 Å². The van der Waals surface area contributed by atoms with Crippen LogP contribution in [0.15, 0.2) is 6.20 Å². The second-order valence-corrected chi connectivity index (χ2v) is 5.00. The molecule has 18 heavy (non-hydrogen) atoms. The van der Waals surface area contributed by atoms with Crippen LogP contribution in [0.2, 0.25) is 0 Å².